The largest absolute Gasteiger partial charge is 0.371 e. The Morgan fingerprint density at radius 1 is 0.867 bits per heavy atom. The van der Waals surface area contributed by atoms with Crippen LogP contribution in [0.4, 0.5) is 28.8 Å². The Kier molecular flexibility index (Phi) is 8.95. The van der Waals surface area contributed by atoms with Crippen molar-refractivity contribution in [2.45, 2.75) is 71.4 Å². The molecule has 1 aliphatic carbocycles. The summed E-state index contributed by atoms with van der Waals surface area (Å²) in [5.41, 5.74) is 8.78. The Balaban J connectivity index is 0.746. The summed E-state index contributed by atoms with van der Waals surface area (Å²) in [5.74, 6) is -0.609. The summed E-state index contributed by atoms with van der Waals surface area (Å²) in [5, 5.41) is 14.6. The zero-order valence-electron chi connectivity index (χ0n) is 33.9. The number of amides is 5. The number of benzene rings is 3. The fourth-order valence-electron chi connectivity index (χ4n) is 9.99. The molecule has 3 aromatic carbocycles. The van der Waals surface area contributed by atoms with Gasteiger partial charge < -0.3 is 20.4 Å². The number of anilines is 5. The van der Waals surface area contributed by atoms with Crippen LogP contribution in [0.5, 0.6) is 0 Å². The van der Waals surface area contributed by atoms with Gasteiger partial charge in [0.15, 0.2) is 11.5 Å². The molecule has 2 aromatic heterocycles. The van der Waals surface area contributed by atoms with Crippen molar-refractivity contribution in [3.63, 3.8) is 0 Å². The van der Waals surface area contributed by atoms with E-state index < -0.39 is 29.7 Å². The monoisotopic (exact) mass is 806 g/mol. The van der Waals surface area contributed by atoms with Gasteiger partial charge in [-0.15, -0.1) is 0 Å². The maximum atomic E-state index is 13.9. The minimum Gasteiger partial charge on any atom is -0.371 e. The first kappa shape index (κ1) is 37.6. The summed E-state index contributed by atoms with van der Waals surface area (Å²) in [7, 11) is 1.87. The normalized spacial score (nSPS) is 20.0. The SMILES string of the molecule is Cc1cccc(C)c1Nc1nn(C)c2nc(Nc3ccc4c(c3)CN(C(=O)C3CC5(CCN(c6ccc7c(c6)C(=O)N(C6CCC(=O)NC6=O)C7=O)CC5)C3)CC4)ncc12. The molecule has 15 nitrogen and oxygen atoms in total. The van der Waals surface area contributed by atoms with Crippen molar-refractivity contribution in [1.29, 1.82) is 0 Å². The maximum absolute atomic E-state index is 13.9. The van der Waals surface area contributed by atoms with E-state index in [1.807, 2.05) is 30.1 Å². The van der Waals surface area contributed by atoms with Gasteiger partial charge >= 0.3 is 0 Å². The highest BCUT2D eigenvalue weighted by atomic mass is 16.2. The first-order chi connectivity index (χ1) is 28.9. The highest BCUT2D eigenvalue weighted by Gasteiger charge is 2.50. The molecule has 10 rings (SSSR count). The van der Waals surface area contributed by atoms with E-state index in [9.17, 15) is 24.0 Å². The predicted molar refractivity (Wildman–Crippen MR) is 224 cm³/mol. The van der Waals surface area contributed by atoms with Gasteiger partial charge in [0.2, 0.25) is 23.7 Å². The third-order valence-electron chi connectivity index (χ3n) is 13.4. The van der Waals surface area contributed by atoms with Crippen molar-refractivity contribution >= 4 is 69.4 Å². The second kappa shape index (κ2) is 14.3. The van der Waals surface area contributed by atoms with Crippen LogP contribution >= 0.6 is 0 Å². The quantitative estimate of drug-likeness (QED) is 0.179. The van der Waals surface area contributed by atoms with E-state index in [2.05, 4.69) is 63.9 Å². The van der Waals surface area contributed by atoms with Gasteiger partial charge in [-0.3, -0.25) is 34.2 Å². The molecule has 0 radical (unpaired) electrons. The number of aryl methyl sites for hydroxylation is 3. The molecule has 5 amide bonds. The minimum atomic E-state index is -0.987. The lowest BCUT2D eigenvalue weighted by atomic mass is 9.57. The molecule has 0 bridgehead atoms. The van der Waals surface area contributed by atoms with Crippen molar-refractivity contribution in [2.75, 3.05) is 35.2 Å². The Morgan fingerprint density at radius 2 is 1.63 bits per heavy atom. The van der Waals surface area contributed by atoms with Crippen LogP contribution in [0, 0.1) is 25.2 Å². The van der Waals surface area contributed by atoms with Crippen LogP contribution in [0.25, 0.3) is 11.0 Å². The second-order valence-electron chi connectivity index (χ2n) is 17.2. The van der Waals surface area contributed by atoms with Crippen molar-refractivity contribution in [2.24, 2.45) is 18.4 Å². The number of fused-ring (bicyclic) bond motifs is 3. The van der Waals surface area contributed by atoms with Crippen molar-refractivity contribution < 1.29 is 24.0 Å². The highest BCUT2D eigenvalue weighted by Crippen LogP contribution is 2.53. The van der Waals surface area contributed by atoms with E-state index in [1.54, 1.807) is 23.0 Å². The molecule has 60 heavy (non-hydrogen) atoms. The fraction of sp³-hybridized carbons (Fsp3) is 0.378. The van der Waals surface area contributed by atoms with Gasteiger partial charge in [-0.1, -0.05) is 24.3 Å². The van der Waals surface area contributed by atoms with E-state index >= 15 is 0 Å². The van der Waals surface area contributed by atoms with Crippen molar-refractivity contribution in [3.05, 3.63) is 94.2 Å². The third kappa shape index (κ3) is 6.43. The van der Waals surface area contributed by atoms with Crippen LogP contribution < -0.4 is 20.9 Å². The van der Waals surface area contributed by atoms with E-state index in [4.69, 9.17) is 10.1 Å². The molecule has 4 aliphatic heterocycles. The molecule has 6 heterocycles. The molecular weight excluding hydrogens is 761 g/mol. The van der Waals surface area contributed by atoms with Gasteiger partial charge in [0.25, 0.3) is 11.8 Å². The van der Waals surface area contributed by atoms with Gasteiger partial charge in [0.1, 0.15) is 6.04 Å². The third-order valence-corrected chi connectivity index (χ3v) is 13.4. The van der Waals surface area contributed by atoms with Gasteiger partial charge in [0, 0.05) is 68.8 Å². The molecule has 1 atom stereocenters. The number of aromatic nitrogens is 4. The molecule has 306 valence electrons. The summed E-state index contributed by atoms with van der Waals surface area (Å²) >= 11 is 0. The lowest BCUT2D eigenvalue weighted by molar-refractivity contribution is -0.145. The van der Waals surface area contributed by atoms with Crippen LogP contribution in [0.3, 0.4) is 0 Å². The number of carbonyl (C=O) groups is 5. The second-order valence-corrected chi connectivity index (χ2v) is 17.2. The van der Waals surface area contributed by atoms with Gasteiger partial charge in [-0.25, -0.2) is 9.67 Å². The number of hydrogen-bond acceptors (Lipinski definition) is 11. The topological polar surface area (TPSA) is 175 Å². The van der Waals surface area contributed by atoms with E-state index in [0.717, 1.165) is 89.2 Å². The standard InChI is InChI=1S/C45H46N10O5/c1-25-5-4-6-26(2)37(25)49-38-34-23-46-44(50-39(34)52(3)51-38)47-30-8-7-27-13-16-54(24-28(27)19-30)41(58)29-21-45(22-29)14-17-53(18-15-45)31-9-10-32-33(20-31)43(60)55(42(32)59)35-11-12-36(56)48-40(35)57/h4-10,19-20,23,29,35H,11-18,21-22,24H2,1-3H3,(H,49,51)(H,46,47,50)(H,48,56,57). The summed E-state index contributed by atoms with van der Waals surface area (Å²) in [6.07, 6.45) is 6.44. The van der Waals surface area contributed by atoms with Gasteiger partial charge in [-0.05, 0) is 110 Å². The van der Waals surface area contributed by atoms with Crippen LogP contribution in [-0.4, -0.2) is 84.8 Å². The van der Waals surface area contributed by atoms with Crippen LogP contribution in [0.2, 0.25) is 0 Å². The molecular formula is C45H46N10O5. The molecule has 2 saturated heterocycles. The van der Waals surface area contributed by atoms with Gasteiger partial charge in [-0.2, -0.15) is 10.1 Å². The van der Waals surface area contributed by atoms with E-state index in [1.165, 1.54) is 5.56 Å². The molecule has 5 aliphatic rings. The molecule has 1 spiro atoms. The Morgan fingerprint density at radius 3 is 2.40 bits per heavy atom. The first-order valence-electron chi connectivity index (χ1n) is 20.7. The number of imide groups is 2. The predicted octanol–water partition coefficient (Wildman–Crippen LogP) is 5.45. The van der Waals surface area contributed by atoms with Crippen molar-refractivity contribution in [3.8, 4) is 0 Å². The lowest BCUT2D eigenvalue weighted by Crippen LogP contribution is -2.54. The average Bonchev–Trinajstić information content (AvgIpc) is 3.67. The number of carbonyl (C=O) groups excluding carboxylic acids is 5. The minimum absolute atomic E-state index is 0.00873. The van der Waals surface area contributed by atoms with Gasteiger partial charge in [0.05, 0.1) is 16.5 Å². The zero-order chi connectivity index (χ0) is 41.4. The molecule has 3 N–H and O–H groups in total. The Hall–Kier alpha value is -6.64. The number of nitrogens with zero attached hydrogens (tertiary/aromatic N) is 7. The number of para-hydroxylation sites is 1. The number of nitrogens with one attached hydrogen (secondary N) is 3. The maximum Gasteiger partial charge on any atom is 0.262 e. The first-order valence-corrected chi connectivity index (χ1v) is 20.7. The van der Waals surface area contributed by atoms with Crippen LogP contribution in [0.1, 0.15) is 81.5 Å². The molecule has 15 heteroatoms. The number of hydrogen-bond donors (Lipinski definition) is 3. The smallest absolute Gasteiger partial charge is 0.262 e. The molecule has 1 unspecified atom stereocenters. The summed E-state index contributed by atoms with van der Waals surface area (Å²) in [6.45, 7) is 6.98. The average molecular weight is 807 g/mol. The van der Waals surface area contributed by atoms with E-state index in [0.29, 0.717) is 36.1 Å². The lowest BCUT2D eigenvalue weighted by Gasteiger charge is -2.53. The molecule has 5 aromatic rings. The Labute approximate surface area is 346 Å². The van der Waals surface area contributed by atoms with E-state index in [-0.39, 0.29) is 35.6 Å². The molecule has 3 fully saturated rings. The zero-order valence-corrected chi connectivity index (χ0v) is 33.9. The highest BCUT2D eigenvalue weighted by molar-refractivity contribution is 6.23. The number of piperidine rings is 2. The summed E-state index contributed by atoms with van der Waals surface area (Å²) in [4.78, 5) is 79.3. The van der Waals surface area contributed by atoms with Crippen molar-refractivity contribution in [1.82, 2.24) is 34.9 Å². The van der Waals surface area contributed by atoms with Crippen LogP contribution in [-0.2, 0) is 34.4 Å². The molecule has 1 saturated carbocycles. The van der Waals surface area contributed by atoms with Crippen LogP contribution in [0.15, 0.2) is 60.8 Å². The fourth-order valence-corrected chi connectivity index (χ4v) is 9.99. The number of rotatable bonds is 7. The Bertz CT molecular complexity index is 2640. The summed E-state index contributed by atoms with van der Waals surface area (Å²) < 4.78 is 1.75. The summed E-state index contributed by atoms with van der Waals surface area (Å²) in [6, 6.07) is 16.8.